The van der Waals surface area contributed by atoms with E-state index in [1.165, 1.54) is 0 Å². The predicted octanol–water partition coefficient (Wildman–Crippen LogP) is 4.33. The minimum absolute atomic E-state index is 0.638. The van der Waals surface area contributed by atoms with Crippen molar-refractivity contribution in [1.29, 1.82) is 0 Å². The Morgan fingerprint density at radius 2 is 2.05 bits per heavy atom. The summed E-state index contributed by atoms with van der Waals surface area (Å²) in [5.41, 5.74) is 9.09. The van der Waals surface area contributed by atoms with Crippen LogP contribution in [0.25, 0.3) is 16.7 Å². The summed E-state index contributed by atoms with van der Waals surface area (Å²) in [6, 6.07) is 5.67. The molecule has 0 amide bonds. The standard InChI is InChI=1S/C14H12N2OS.C2H6/c15-10-3-1-2-9(4-5-10)14-16-12-7-6-11(18)8-13(12)17-14;1-2/h1,3-8,18H,2,15H2;1-2H3. The van der Waals surface area contributed by atoms with Crippen LogP contribution in [-0.4, -0.2) is 4.98 Å². The Kier molecular flexibility index (Phi) is 4.69. The molecule has 0 unspecified atom stereocenters. The molecule has 1 aromatic heterocycles. The van der Waals surface area contributed by atoms with Crippen molar-refractivity contribution in [2.45, 2.75) is 25.2 Å². The number of hydrogen-bond donors (Lipinski definition) is 2. The Balaban J connectivity index is 0.000000704. The first-order valence-electron chi connectivity index (χ1n) is 6.65. The Morgan fingerprint density at radius 3 is 2.85 bits per heavy atom. The fourth-order valence-electron chi connectivity index (χ4n) is 1.85. The predicted molar refractivity (Wildman–Crippen MR) is 86.6 cm³/mol. The van der Waals surface area contributed by atoms with Crippen molar-refractivity contribution in [3.63, 3.8) is 0 Å². The Morgan fingerprint density at radius 1 is 1.25 bits per heavy atom. The van der Waals surface area contributed by atoms with Crippen LogP contribution in [0.2, 0.25) is 0 Å². The molecule has 0 aliphatic heterocycles. The zero-order valence-electron chi connectivity index (χ0n) is 11.6. The lowest BCUT2D eigenvalue weighted by Crippen LogP contribution is -1.89. The van der Waals surface area contributed by atoms with Gasteiger partial charge in [0.05, 0.1) is 0 Å². The molecule has 0 saturated heterocycles. The molecule has 3 rings (SSSR count). The minimum atomic E-state index is 0.638. The van der Waals surface area contributed by atoms with Gasteiger partial charge in [-0.2, -0.15) is 0 Å². The quantitative estimate of drug-likeness (QED) is 0.767. The maximum absolute atomic E-state index is 5.75. The van der Waals surface area contributed by atoms with Gasteiger partial charge in [-0.3, -0.25) is 0 Å². The summed E-state index contributed by atoms with van der Waals surface area (Å²) in [5.74, 6) is 0.638. The summed E-state index contributed by atoms with van der Waals surface area (Å²) in [5, 5.41) is 0. The van der Waals surface area contributed by atoms with Gasteiger partial charge in [0.15, 0.2) is 5.58 Å². The molecule has 0 atom stereocenters. The normalized spacial score (nSPS) is 14.2. The van der Waals surface area contributed by atoms with Gasteiger partial charge in [0.25, 0.3) is 0 Å². The monoisotopic (exact) mass is 286 g/mol. The highest BCUT2D eigenvalue weighted by atomic mass is 32.1. The van der Waals surface area contributed by atoms with E-state index in [1.807, 2.05) is 56.4 Å². The number of benzene rings is 1. The molecule has 0 radical (unpaired) electrons. The van der Waals surface area contributed by atoms with E-state index in [-0.39, 0.29) is 0 Å². The first kappa shape index (κ1) is 14.5. The highest BCUT2D eigenvalue weighted by Crippen LogP contribution is 2.26. The van der Waals surface area contributed by atoms with Gasteiger partial charge in [-0.15, -0.1) is 12.6 Å². The second kappa shape index (κ2) is 6.48. The lowest BCUT2D eigenvalue weighted by molar-refractivity contribution is 0.582. The number of hydrogen-bond acceptors (Lipinski definition) is 4. The lowest BCUT2D eigenvalue weighted by Gasteiger charge is -1.95. The van der Waals surface area contributed by atoms with E-state index < -0.39 is 0 Å². The van der Waals surface area contributed by atoms with Crippen LogP contribution in [0.1, 0.15) is 26.2 Å². The number of thiol groups is 1. The van der Waals surface area contributed by atoms with Crippen molar-refractivity contribution in [3.8, 4) is 0 Å². The SMILES string of the molecule is CC.NC1=CC=C(c2nc3ccc(S)cc3o2)CC=C1. The van der Waals surface area contributed by atoms with Gasteiger partial charge in [-0.25, -0.2) is 4.98 Å². The number of oxazole rings is 1. The lowest BCUT2D eigenvalue weighted by atomic mass is 10.2. The van der Waals surface area contributed by atoms with Crippen molar-refractivity contribution < 1.29 is 4.42 Å². The highest BCUT2D eigenvalue weighted by Gasteiger charge is 2.10. The van der Waals surface area contributed by atoms with Crippen LogP contribution in [-0.2, 0) is 0 Å². The van der Waals surface area contributed by atoms with Gasteiger partial charge in [0, 0.05) is 16.2 Å². The van der Waals surface area contributed by atoms with Crippen LogP contribution < -0.4 is 5.73 Å². The van der Waals surface area contributed by atoms with E-state index >= 15 is 0 Å². The Bertz CT molecular complexity index is 696. The third-order valence-corrected chi connectivity index (χ3v) is 3.05. The second-order valence-corrected chi connectivity index (χ2v) is 4.65. The van der Waals surface area contributed by atoms with Gasteiger partial charge in [-0.05, 0) is 36.8 Å². The second-order valence-electron chi connectivity index (χ2n) is 4.14. The van der Waals surface area contributed by atoms with Gasteiger partial charge in [-0.1, -0.05) is 26.0 Å². The van der Waals surface area contributed by atoms with Gasteiger partial charge in [0.2, 0.25) is 5.89 Å². The van der Waals surface area contributed by atoms with Crippen LogP contribution >= 0.6 is 12.6 Å². The van der Waals surface area contributed by atoms with Crippen molar-refractivity contribution in [1.82, 2.24) is 4.98 Å². The highest BCUT2D eigenvalue weighted by molar-refractivity contribution is 7.80. The van der Waals surface area contributed by atoms with Crippen LogP contribution in [0.5, 0.6) is 0 Å². The van der Waals surface area contributed by atoms with Crippen molar-refractivity contribution in [2.24, 2.45) is 5.73 Å². The van der Waals surface area contributed by atoms with Crippen LogP contribution in [0.4, 0.5) is 0 Å². The molecule has 1 aliphatic carbocycles. The molecule has 2 N–H and O–H groups in total. The molecule has 0 saturated carbocycles. The summed E-state index contributed by atoms with van der Waals surface area (Å²) < 4.78 is 5.75. The van der Waals surface area contributed by atoms with Gasteiger partial charge >= 0.3 is 0 Å². The average molecular weight is 286 g/mol. The van der Waals surface area contributed by atoms with E-state index in [1.54, 1.807) is 0 Å². The molecular formula is C16H18N2OS. The molecule has 20 heavy (non-hydrogen) atoms. The number of nitrogens with zero attached hydrogens (tertiary/aromatic N) is 1. The first-order chi connectivity index (χ1) is 9.72. The van der Waals surface area contributed by atoms with Crippen LogP contribution in [0, 0.1) is 0 Å². The molecule has 104 valence electrons. The maximum Gasteiger partial charge on any atom is 0.223 e. The fraction of sp³-hybridized carbons (Fsp3) is 0.188. The van der Waals surface area contributed by atoms with E-state index in [2.05, 4.69) is 17.6 Å². The summed E-state index contributed by atoms with van der Waals surface area (Å²) in [4.78, 5) is 5.34. The Labute approximate surface area is 124 Å². The van der Waals surface area contributed by atoms with E-state index in [9.17, 15) is 0 Å². The first-order valence-corrected chi connectivity index (χ1v) is 7.10. The molecule has 0 fully saturated rings. The summed E-state index contributed by atoms with van der Waals surface area (Å²) >= 11 is 4.29. The summed E-state index contributed by atoms with van der Waals surface area (Å²) in [6.45, 7) is 4.00. The summed E-state index contributed by atoms with van der Waals surface area (Å²) in [6.07, 6.45) is 8.46. The number of aromatic nitrogens is 1. The fourth-order valence-corrected chi connectivity index (χ4v) is 2.04. The molecule has 1 aromatic carbocycles. The summed E-state index contributed by atoms with van der Waals surface area (Å²) in [7, 11) is 0. The zero-order chi connectivity index (χ0) is 14.5. The van der Waals surface area contributed by atoms with Gasteiger partial charge in [0.1, 0.15) is 5.52 Å². The number of allylic oxidation sites excluding steroid dienone is 5. The third-order valence-electron chi connectivity index (χ3n) is 2.77. The van der Waals surface area contributed by atoms with Crippen LogP contribution in [0.15, 0.2) is 57.5 Å². The molecule has 3 nitrogen and oxygen atoms in total. The molecule has 2 aromatic rings. The average Bonchev–Trinajstić information content (AvgIpc) is 2.75. The van der Waals surface area contributed by atoms with Crippen LogP contribution in [0.3, 0.4) is 0 Å². The molecule has 1 heterocycles. The van der Waals surface area contributed by atoms with E-state index in [4.69, 9.17) is 10.2 Å². The topological polar surface area (TPSA) is 52.0 Å². The van der Waals surface area contributed by atoms with Crippen molar-refractivity contribution in [3.05, 3.63) is 54.1 Å². The van der Waals surface area contributed by atoms with E-state index in [0.717, 1.165) is 33.7 Å². The molecule has 1 aliphatic rings. The molecule has 4 heteroatoms. The molecular weight excluding hydrogens is 268 g/mol. The number of fused-ring (bicyclic) bond motifs is 1. The third kappa shape index (κ3) is 3.14. The molecule has 0 bridgehead atoms. The number of nitrogens with two attached hydrogens (primary N) is 1. The smallest absolute Gasteiger partial charge is 0.223 e. The van der Waals surface area contributed by atoms with E-state index in [0.29, 0.717) is 5.89 Å². The van der Waals surface area contributed by atoms with Crippen molar-refractivity contribution in [2.75, 3.05) is 0 Å². The van der Waals surface area contributed by atoms with Crippen molar-refractivity contribution >= 4 is 29.3 Å². The minimum Gasteiger partial charge on any atom is -0.436 e. The number of rotatable bonds is 1. The Hall–Kier alpha value is -1.94. The van der Waals surface area contributed by atoms with Gasteiger partial charge < -0.3 is 10.2 Å². The zero-order valence-corrected chi connectivity index (χ0v) is 12.5. The molecule has 0 spiro atoms. The largest absolute Gasteiger partial charge is 0.436 e. The maximum atomic E-state index is 5.75.